The Balaban J connectivity index is 1.57. The van der Waals surface area contributed by atoms with Crippen LogP contribution in [-0.2, 0) is 12.7 Å². The average Bonchev–Trinajstić information content (AvgIpc) is 3.21. The molecule has 2 aromatic carbocycles. The van der Waals surface area contributed by atoms with Gasteiger partial charge in [-0.1, -0.05) is 30.3 Å². The van der Waals surface area contributed by atoms with Gasteiger partial charge in [0.2, 0.25) is 0 Å². The van der Waals surface area contributed by atoms with Gasteiger partial charge < -0.3 is 15.0 Å². The highest BCUT2D eigenvalue weighted by Crippen LogP contribution is 2.28. The second-order valence-electron chi connectivity index (χ2n) is 7.86. The largest absolute Gasteiger partial charge is 0.478 e. The summed E-state index contributed by atoms with van der Waals surface area (Å²) in [5, 5.41) is 12.8. The number of carboxylic acids is 1. The number of nitrogens with one attached hydrogen (secondary N) is 1. The van der Waals surface area contributed by atoms with Crippen LogP contribution in [0.15, 0.2) is 73.1 Å². The summed E-state index contributed by atoms with van der Waals surface area (Å²) in [6.07, 6.45) is -1.55. The SMILES string of the molecule is C[C@H](NC(=O)c1cccc2ccn(Cc3ccc(C(F)(F)F)nc3)c12)c1ccc(C(=O)O)cc1. The third kappa shape index (κ3) is 4.78. The van der Waals surface area contributed by atoms with E-state index in [2.05, 4.69) is 10.3 Å². The van der Waals surface area contributed by atoms with Gasteiger partial charge in [0.05, 0.1) is 22.7 Å². The Morgan fingerprint density at radius 3 is 2.41 bits per heavy atom. The molecule has 0 unspecified atom stereocenters. The van der Waals surface area contributed by atoms with E-state index in [9.17, 15) is 22.8 Å². The molecular formula is C25H20F3N3O3. The molecule has 0 bridgehead atoms. The third-order valence-corrected chi connectivity index (χ3v) is 5.51. The molecule has 2 N–H and O–H groups in total. The maximum Gasteiger partial charge on any atom is 0.433 e. The van der Waals surface area contributed by atoms with Crippen LogP contribution in [0.2, 0.25) is 0 Å². The highest BCUT2D eigenvalue weighted by atomic mass is 19.4. The van der Waals surface area contributed by atoms with Crippen LogP contribution in [0.3, 0.4) is 0 Å². The number of alkyl halides is 3. The molecule has 0 spiro atoms. The molecule has 0 saturated heterocycles. The van der Waals surface area contributed by atoms with Gasteiger partial charge in [-0.25, -0.2) is 4.79 Å². The average molecular weight is 467 g/mol. The van der Waals surface area contributed by atoms with Gasteiger partial charge in [-0.15, -0.1) is 0 Å². The number of halogens is 3. The number of carbonyl (C=O) groups excluding carboxylic acids is 1. The lowest BCUT2D eigenvalue weighted by Crippen LogP contribution is -2.27. The van der Waals surface area contributed by atoms with Gasteiger partial charge >= 0.3 is 12.1 Å². The smallest absolute Gasteiger partial charge is 0.433 e. The Labute approximate surface area is 192 Å². The summed E-state index contributed by atoms with van der Waals surface area (Å²) in [7, 11) is 0. The fourth-order valence-corrected chi connectivity index (χ4v) is 3.73. The topological polar surface area (TPSA) is 84.2 Å². The molecule has 0 radical (unpaired) electrons. The number of rotatable bonds is 6. The lowest BCUT2D eigenvalue weighted by atomic mass is 10.0. The number of benzene rings is 2. The molecule has 34 heavy (non-hydrogen) atoms. The highest BCUT2D eigenvalue weighted by Gasteiger charge is 2.32. The van der Waals surface area contributed by atoms with E-state index < -0.39 is 17.8 Å². The summed E-state index contributed by atoms with van der Waals surface area (Å²) in [6.45, 7) is 2.03. The predicted octanol–water partition coefficient (Wildman–Crippen LogP) is 5.29. The quantitative estimate of drug-likeness (QED) is 0.404. The van der Waals surface area contributed by atoms with Crippen molar-refractivity contribution < 1.29 is 27.9 Å². The summed E-state index contributed by atoms with van der Waals surface area (Å²) in [6, 6.07) is 15.3. The van der Waals surface area contributed by atoms with E-state index in [0.717, 1.165) is 17.0 Å². The van der Waals surface area contributed by atoms with E-state index >= 15 is 0 Å². The lowest BCUT2D eigenvalue weighted by Gasteiger charge is -2.16. The van der Waals surface area contributed by atoms with Gasteiger partial charge in [0, 0.05) is 24.3 Å². The van der Waals surface area contributed by atoms with E-state index in [0.29, 0.717) is 16.6 Å². The molecule has 0 aliphatic heterocycles. The number of para-hydroxylation sites is 1. The monoisotopic (exact) mass is 467 g/mol. The molecular weight excluding hydrogens is 447 g/mol. The molecule has 6 nitrogen and oxygen atoms in total. The van der Waals surface area contributed by atoms with Gasteiger partial charge in [0.15, 0.2) is 0 Å². The van der Waals surface area contributed by atoms with Crippen molar-refractivity contribution in [3.05, 3.63) is 101 Å². The van der Waals surface area contributed by atoms with Gasteiger partial charge in [0.1, 0.15) is 5.69 Å². The number of amides is 1. The van der Waals surface area contributed by atoms with Gasteiger partial charge in [-0.05, 0) is 48.4 Å². The number of fused-ring (bicyclic) bond motifs is 1. The first-order chi connectivity index (χ1) is 16.1. The first kappa shape index (κ1) is 23.0. The number of aromatic carboxylic acids is 1. The number of pyridine rings is 1. The molecule has 9 heteroatoms. The van der Waals surface area contributed by atoms with Gasteiger partial charge in [0.25, 0.3) is 5.91 Å². The summed E-state index contributed by atoms with van der Waals surface area (Å²) in [5.41, 5.74) is 1.57. The van der Waals surface area contributed by atoms with Crippen LogP contribution >= 0.6 is 0 Å². The second kappa shape index (κ2) is 9.01. The number of nitrogens with zero attached hydrogens (tertiary/aromatic N) is 2. The van der Waals surface area contributed by atoms with Crippen LogP contribution in [0.5, 0.6) is 0 Å². The summed E-state index contributed by atoms with van der Waals surface area (Å²) < 4.78 is 40.2. The van der Waals surface area contributed by atoms with Gasteiger partial charge in [-0.3, -0.25) is 9.78 Å². The Bertz CT molecular complexity index is 1340. The molecule has 1 atom stereocenters. The molecule has 1 amide bonds. The molecule has 4 aromatic rings. The summed E-state index contributed by atoms with van der Waals surface area (Å²) in [4.78, 5) is 27.7. The second-order valence-corrected chi connectivity index (χ2v) is 7.86. The van der Waals surface area contributed by atoms with Crippen LogP contribution in [0.25, 0.3) is 10.9 Å². The van der Waals surface area contributed by atoms with Crippen LogP contribution in [-0.4, -0.2) is 26.5 Å². The van der Waals surface area contributed by atoms with E-state index in [-0.39, 0.29) is 24.1 Å². The Hall–Kier alpha value is -4.14. The van der Waals surface area contributed by atoms with Crippen molar-refractivity contribution in [3.63, 3.8) is 0 Å². The molecule has 0 aliphatic carbocycles. The highest BCUT2D eigenvalue weighted by molar-refractivity contribution is 6.06. The zero-order chi connectivity index (χ0) is 24.5. The first-order valence-electron chi connectivity index (χ1n) is 10.4. The van der Waals surface area contributed by atoms with Crippen LogP contribution in [0.4, 0.5) is 13.2 Å². The zero-order valence-electron chi connectivity index (χ0n) is 18.0. The Kier molecular flexibility index (Phi) is 6.10. The van der Waals surface area contributed by atoms with Crippen LogP contribution in [0, 0.1) is 0 Å². The van der Waals surface area contributed by atoms with E-state index in [1.165, 1.54) is 24.4 Å². The molecule has 2 aromatic heterocycles. The summed E-state index contributed by atoms with van der Waals surface area (Å²) in [5.74, 6) is -1.36. The van der Waals surface area contributed by atoms with E-state index in [1.54, 1.807) is 42.0 Å². The maximum atomic E-state index is 13.1. The number of carboxylic acid groups (broad SMARTS) is 1. The molecule has 0 saturated carbocycles. The Morgan fingerprint density at radius 1 is 1.06 bits per heavy atom. The van der Waals surface area contributed by atoms with Crippen molar-refractivity contribution >= 4 is 22.8 Å². The number of aromatic nitrogens is 2. The van der Waals surface area contributed by atoms with E-state index in [1.807, 2.05) is 12.1 Å². The number of hydrogen-bond acceptors (Lipinski definition) is 3. The lowest BCUT2D eigenvalue weighted by molar-refractivity contribution is -0.141. The van der Waals surface area contributed by atoms with Crippen molar-refractivity contribution in [2.75, 3.05) is 0 Å². The summed E-state index contributed by atoms with van der Waals surface area (Å²) >= 11 is 0. The standard InChI is InChI=1S/C25H20F3N3O3/c1-15(17-6-8-19(9-7-17)24(33)34)30-23(32)20-4-2-3-18-11-12-31(22(18)20)14-16-5-10-21(29-13-16)25(26,27)28/h2-13,15H,14H2,1H3,(H,30,32)(H,33,34)/t15-/m0/s1. The normalized spacial score (nSPS) is 12.5. The molecule has 4 rings (SSSR count). The number of carbonyl (C=O) groups is 2. The van der Waals surface area contributed by atoms with Crippen molar-refractivity contribution in [2.24, 2.45) is 0 Å². The minimum absolute atomic E-state index is 0.155. The van der Waals surface area contributed by atoms with Gasteiger partial charge in [-0.2, -0.15) is 13.2 Å². The molecule has 0 fully saturated rings. The maximum absolute atomic E-state index is 13.1. The molecule has 0 aliphatic rings. The van der Waals surface area contributed by atoms with Crippen LogP contribution in [0.1, 0.15) is 50.5 Å². The molecule has 174 valence electrons. The van der Waals surface area contributed by atoms with E-state index in [4.69, 9.17) is 5.11 Å². The van der Waals surface area contributed by atoms with Crippen LogP contribution < -0.4 is 5.32 Å². The van der Waals surface area contributed by atoms with Crippen molar-refractivity contribution in [3.8, 4) is 0 Å². The minimum Gasteiger partial charge on any atom is -0.478 e. The number of hydrogen-bond donors (Lipinski definition) is 2. The van der Waals surface area contributed by atoms with Crippen molar-refractivity contribution in [1.82, 2.24) is 14.9 Å². The van der Waals surface area contributed by atoms with Crippen molar-refractivity contribution in [1.29, 1.82) is 0 Å². The minimum atomic E-state index is -4.51. The Morgan fingerprint density at radius 2 is 1.79 bits per heavy atom. The third-order valence-electron chi connectivity index (χ3n) is 5.51. The van der Waals surface area contributed by atoms with Crippen molar-refractivity contribution in [2.45, 2.75) is 25.7 Å². The zero-order valence-corrected chi connectivity index (χ0v) is 18.0. The first-order valence-corrected chi connectivity index (χ1v) is 10.4. The predicted molar refractivity (Wildman–Crippen MR) is 120 cm³/mol. The fourth-order valence-electron chi connectivity index (χ4n) is 3.73. The fraction of sp³-hybridized carbons (Fsp3) is 0.160. The molecule has 2 heterocycles.